The Morgan fingerprint density at radius 2 is 1.77 bits per heavy atom. The first-order valence-electron chi connectivity index (χ1n) is 9.99. The van der Waals surface area contributed by atoms with E-state index in [2.05, 4.69) is 10.2 Å². The highest BCUT2D eigenvalue weighted by atomic mass is 35.5. The lowest BCUT2D eigenvalue weighted by atomic mass is 10.2. The molecule has 1 aliphatic heterocycles. The first-order valence-corrected chi connectivity index (χ1v) is 12.2. The summed E-state index contributed by atoms with van der Waals surface area (Å²) in [4.78, 5) is 29.6. The quantitative estimate of drug-likeness (QED) is 0.508. The molecule has 7 nitrogen and oxygen atoms in total. The number of hydrogen-bond acceptors (Lipinski definition) is 6. The molecule has 1 fully saturated rings. The molecule has 2 aromatic heterocycles. The van der Waals surface area contributed by atoms with Crippen molar-refractivity contribution < 1.29 is 9.59 Å². The first-order chi connectivity index (χ1) is 15.1. The summed E-state index contributed by atoms with van der Waals surface area (Å²) < 4.78 is 2.00. The third-order valence-electron chi connectivity index (χ3n) is 5.11. The van der Waals surface area contributed by atoms with Gasteiger partial charge in [0.15, 0.2) is 11.0 Å². The highest BCUT2D eigenvalue weighted by Crippen LogP contribution is 2.25. The van der Waals surface area contributed by atoms with E-state index in [9.17, 15) is 9.59 Å². The minimum Gasteiger partial charge on any atom is -0.338 e. The summed E-state index contributed by atoms with van der Waals surface area (Å²) in [6, 6.07) is 11.2. The molecule has 0 radical (unpaired) electrons. The Morgan fingerprint density at radius 1 is 1.06 bits per heavy atom. The predicted octanol–water partition coefficient (Wildman–Crippen LogP) is 3.76. The van der Waals surface area contributed by atoms with Crippen LogP contribution in [0.25, 0.3) is 11.4 Å². The number of halogens is 1. The van der Waals surface area contributed by atoms with Crippen LogP contribution >= 0.6 is 34.7 Å². The fourth-order valence-electron chi connectivity index (χ4n) is 3.43. The standard InChI is InChI=1S/C21H22ClN5O2S2/c1-2-27-19(15-5-7-16(22)8-6-15)23-24-21(27)31-14-18(28)25-9-11-26(12-10-25)20(29)17-4-3-13-30-17/h3-8,13H,2,9-12,14H2,1H3. The number of amides is 2. The van der Waals surface area contributed by atoms with Gasteiger partial charge >= 0.3 is 0 Å². The number of carbonyl (C=O) groups excluding carboxylic acids is 2. The van der Waals surface area contributed by atoms with Gasteiger partial charge < -0.3 is 14.4 Å². The molecule has 1 aromatic carbocycles. The molecule has 1 saturated heterocycles. The smallest absolute Gasteiger partial charge is 0.264 e. The molecule has 4 rings (SSSR count). The molecule has 0 atom stereocenters. The van der Waals surface area contributed by atoms with Gasteiger partial charge in [-0.25, -0.2) is 0 Å². The van der Waals surface area contributed by atoms with Crippen LogP contribution in [0, 0.1) is 0 Å². The minimum atomic E-state index is 0.0438. The average Bonchev–Trinajstić information content (AvgIpc) is 3.47. The summed E-state index contributed by atoms with van der Waals surface area (Å²) in [6.07, 6.45) is 0. The largest absolute Gasteiger partial charge is 0.338 e. The van der Waals surface area contributed by atoms with E-state index in [4.69, 9.17) is 11.6 Å². The van der Waals surface area contributed by atoms with Crippen molar-refractivity contribution in [2.24, 2.45) is 0 Å². The Bertz CT molecular complexity index is 1040. The van der Waals surface area contributed by atoms with Crippen LogP contribution in [-0.4, -0.2) is 68.3 Å². The molecule has 0 N–H and O–H groups in total. The number of piperazine rings is 1. The predicted molar refractivity (Wildman–Crippen MR) is 124 cm³/mol. The van der Waals surface area contributed by atoms with Crippen molar-refractivity contribution in [1.82, 2.24) is 24.6 Å². The van der Waals surface area contributed by atoms with Gasteiger partial charge in [0.25, 0.3) is 5.91 Å². The van der Waals surface area contributed by atoms with E-state index in [-0.39, 0.29) is 17.6 Å². The highest BCUT2D eigenvalue weighted by molar-refractivity contribution is 7.99. The topological polar surface area (TPSA) is 71.3 Å². The zero-order chi connectivity index (χ0) is 21.8. The Labute approximate surface area is 194 Å². The van der Waals surface area contributed by atoms with Crippen molar-refractivity contribution >= 4 is 46.5 Å². The van der Waals surface area contributed by atoms with Crippen LogP contribution in [0.4, 0.5) is 0 Å². The van der Waals surface area contributed by atoms with Crippen LogP contribution in [0.3, 0.4) is 0 Å². The molecular formula is C21H22ClN5O2S2. The summed E-state index contributed by atoms with van der Waals surface area (Å²) in [5.41, 5.74) is 0.934. The van der Waals surface area contributed by atoms with Crippen LogP contribution in [0.15, 0.2) is 46.9 Å². The zero-order valence-corrected chi connectivity index (χ0v) is 19.4. The van der Waals surface area contributed by atoms with E-state index >= 15 is 0 Å². The number of rotatable bonds is 6. The molecule has 162 valence electrons. The van der Waals surface area contributed by atoms with Crippen LogP contribution in [0.2, 0.25) is 5.02 Å². The van der Waals surface area contributed by atoms with Crippen molar-refractivity contribution in [3.8, 4) is 11.4 Å². The molecule has 31 heavy (non-hydrogen) atoms. The molecule has 0 aliphatic carbocycles. The molecule has 0 spiro atoms. The maximum Gasteiger partial charge on any atom is 0.264 e. The van der Waals surface area contributed by atoms with Crippen molar-refractivity contribution in [3.05, 3.63) is 51.7 Å². The van der Waals surface area contributed by atoms with E-state index in [0.717, 1.165) is 16.3 Å². The number of aromatic nitrogens is 3. The van der Waals surface area contributed by atoms with E-state index < -0.39 is 0 Å². The van der Waals surface area contributed by atoms with Gasteiger partial charge in [-0.05, 0) is 42.6 Å². The third-order valence-corrected chi connectivity index (χ3v) is 7.17. The summed E-state index contributed by atoms with van der Waals surface area (Å²) in [5, 5.41) is 11.9. The van der Waals surface area contributed by atoms with Gasteiger partial charge in [-0.1, -0.05) is 29.4 Å². The fourth-order valence-corrected chi connectivity index (χ4v) is 5.15. The minimum absolute atomic E-state index is 0.0438. The highest BCUT2D eigenvalue weighted by Gasteiger charge is 2.25. The lowest BCUT2D eigenvalue weighted by Crippen LogP contribution is -2.51. The Morgan fingerprint density at radius 3 is 2.42 bits per heavy atom. The van der Waals surface area contributed by atoms with Gasteiger partial charge in [-0.15, -0.1) is 21.5 Å². The lowest BCUT2D eigenvalue weighted by Gasteiger charge is -2.34. The molecular weight excluding hydrogens is 454 g/mol. The Hall–Kier alpha value is -2.36. The second kappa shape index (κ2) is 9.84. The lowest BCUT2D eigenvalue weighted by molar-refractivity contribution is -0.129. The molecule has 0 bridgehead atoms. The average molecular weight is 476 g/mol. The number of carbonyl (C=O) groups is 2. The van der Waals surface area contributed by atoms with Gasteiger partial charge in [0.2, 0.25) is 5.91 Å². The van der Waals surface area contributed by atoms with Crippen LogP contribution < -0.4 is 0 Å². The number of thiophene rings is 1. The van der Waals surface area contributed by atoms with Crippen LogP contribution in [0.1, 0.15) is 16.6 Å². The van der Waals surface area contributed by atoms with Gasteiger partial charge in [-0.2, -0.15) is 0 Å². The van der Waals surface area contributed by atoms with Crippen molar-refractivity contribution in [2.45, 2.75) is 18.6 Å². The van der Waals surface area contributed by atoms with E-state index in [1.54, 1.807) is 0 Å². The molecule has 0 saturated carbocycles. The van der Waals surface area contributed by atoms with E-state index in [0.29, 0.717) is 42.9 Å². The number of benzene rings is 1. The number of nitrogens with zero attached hydrogens (tertiary/aromatic N) is 5. The van der Waals surface area contributed by atoms with Gasteiger partial charge in [0.1, 0.15) is 0 Å². The summed E-state index contributed by atoms with van der Waals surface area (Å²) in [7, 11) is 0. The van der Waals surface area contributed by atoms with E-state index in [1.165, 1.54) is 23.1 Å². The van der Waals surface area contributed by atoms with Crippen LogP contribution in [0.5, 0.6) is 0 Å². The molecule has 3 heterocycles. The molecule has 3 aromatic rings. The fraction of sp³-hybridized carbons (Fsp3) is 0.333. The molecule has 1 aliphatic rings. The zero-order valence-electron chi connectivity index (χ0n) is 17.0. The second-order valence-electron chi connectivity index (χ2n) is 7.00. The summed E-state index contributed by atoms with van der Waals surface area (Å²) in [5.74, 6) is 1.14. The van der Waals surface area contributed by atoms with E-state index in [1.807, 2.05) is 63.1 Å². The van der Waals surface area contributed by atoms with Gasteiger partial charge in [0, 0.05) is 43.3 Å². The molecule has 10 heteroatoms. The van der Waals surface area contributed by atoms with Gasteiger partial charge in [0.05, 0.1) is 10.6 Å². The summed E-state index contributed by atoms with van der Waals surface area (Å²) in [6.45, 7) is 4.93. The molecule has 2 amide bonds. The van der Waals surface area contributed by atoms with Crippen molar-refractivity contribution in [3.63, 3.8) is 0 Å². The van der Waals surface area contributed by atoms with Crippen molar-refractivity contribution in [1.29, 1.82) is 0 Å². The summed E-state index contributed by atoms with van der Waals surface area (Å²) >= 11 is 8.81. The maximum atomic E-state index is 12.7. The second-order valence-corrected chi connectivity index (χ2v) is 9.32. The normalized spacial score (nSPS) is 14.1. The number of thioether (sulfide) groups is 1. The van der Waals surface area contributed by atoms with Crippen molar-refractivity contribution in [2.75, 3.05) is 31.9 Å². The third kappa shape index (κ3) is 4.94. The maximum absolute atomic E-state index is 12.7. The Balaban J connectivity index is 1.33. The first kappa shape index (κ1) is 21.9. The van der Waals surface area contributed by atoms with Crippen LogP contribution in [-0.2, 0) is 11.3 Å². The number of hydrogen-bond donors (Lipinski definition) is 0. The monoisotopic (exact) mass is 475 g/mol. The van der Waals surface area contributed by atoms with Gasteiger partial charge in [-0.3, -0.25) is 9.59 Å². The Kier molecular flexibility index (Phi) is 6.94. The molecule has 0 unspecified atom stereocenters. The SMILES string of the molecule is CCn1c(SCC(=O)N2CCN(C(=O)c3cccs3)CC2)nnc1-c1ccc(Cl)cc1.